The number of β-amino-alcohol motifs (C(OH)–C–C–N with tert-alkyl or cyclic N) is 1. The molecule has 1 atom stereocenters. The summed E-state index contributed by atoms with van der Waals surface area (Å²) in [4.78, 5) is 14.6. The van der Waals surface area contributed by atoms with E-state index in [1.165, 1.54) is 23.1 Å². The van der Waals surface area contributed by atoms with Gasteiger partial charge in [-0.05, 0) is 78.7 Å². The Bertz CT molecular complexity index is 973. The largest absolute Gasteiger partial charge is 0.385 e. The zero-order valence-electron chi connectivity index (χ0n) is 16.6. The number of hydrogen-bond acceptors (Lipinski definition) is 4. The van der Waals surface area contributed by atoms with Crippen LogP contribution in [0, 0.1) is 22.1 Å². The summed E-state index contributed by atoms with van der Waals surface area (Å²) in [5.41, 5.74) is -0.442. The third-order valence-corrected chi connectivity index (χ3v) is 6.60. The van der Waals surface area contributed by atoms with Gasteiger partial charge in [0.2, 0.25) is 0 Å². The summed E-state index contributed by atoms with van der Waals surface area (Å²) in [7, 11) is 0. The molecule has 0 aromatic heterocycles. The molecule has 0 radical (unpaired) electrons. The molecule has 30 heavy (non-hydrogen) atoms. The van der Waals surface area contributed by atoms with Gasteiger partial charge in [0.25, 0.3) is 5.91 Å². The fourth-order valence-corrected chi connectivity index (χ4v) is 4.62. The second-order valence-corrected chi connectivity index (χ2v) is 9.38. The van der Waals surface area contributed by atoms with E-state index in [4.69, 9.17) is 0 Å². The highest BCUT2D eigenvalue weighted by Crippen LogP contribution is 2.34. The number of likely N-dealkylation sites (tertiary alicyclic amines) is 1. The fraction of sp³-hybridized carbons (Fsp3) is 0.409. The Hall–Kier alpha value is -1.78. The molecule has 8 heteroatoms. The molecule has 0 spiro atoms. The van der Waals surface area contributed by atoms with Crippen molar-refractivity contribution in [3.05, 3.63) is 56.7 Å². The summed E-state index contributed by atoms with van der Waals surface area (Å²) in [5.74, 6) is -1.51. The number of carbonyl (C=O) groups excluding carboxylic acids is 1. The van der Waals surface area contributed by atoms with Crippen LogP contribution in [-0.4, -0.2) is 47.2 Å². The molecule has 3 N–H and O–H groups in total. The number of anilines is 2. The lowest BCUT2D eigenvalue weighted by molar-refractivity contribution is -0.108. The summed E-state index contributed by atoms with van der Waals surface area (Å²) in [6.07, 6.45) is 3.01. The van der Waals surface area contributed by atoms with Gasteiger partial charge in [-0.15, -0.1) is 0 Å². The van der Waals surface area contributed by atoms with Crippen LogP contribution in [0.15, 0.2) is 30.3 Å². The van der Waals surface area contributed by atoms with Crippen molar-refractivity contribution in [2.45, 2.75) is 37.8 Å². The highest BCUT2D eigenvalue weighted by molar-refractivity contribution is 14.1. The highest BCUT2D eigenvalue weighted by Gasteiger charge is 2.49. The molecule has 2 heterocycles. The van der Waals surface area contributed by atoms with Crippen LogP contribution < -0.4 is 10.6 Å². The number of amides is 1. The number of aliphatic hydroxyl groups is 1. The lowest BCUT2D eigenvalue weighted by Crippen LogP contribution is -2.72. The minimum absolute atomic E-state index is 0.0384. The molecule has 5 nitrogen and oxygen atoms in total. The molecular formula is C22H24F2IN3O2. The number of hydrogen-bond donors (Lipinski definition) is 3. The van der Waals surface area contributed by atoms with Crippen molar-refractivity contribution in [1.29, 1.82) is 0 Å². The van der Waals surface area contributed by atoms with Crippen LogP contribution in [0.3, 0.4) is 0 Å². The Labute approximate surface area is 188 Å². The average Bonchev–Trinajstić information content (AvgIpc) is 2.71. The number of nitrogens with zero attached hydrogens (tertiary/aromatic N) is 1. The van der Waals surface area contributed by atoms with Crippen molar-refractivity contribution in [3.63, 3.8) is 0 Å². The second kappa shape index (κ2) is 8.39. The number of carbonyl (C=O) groups is 1. The zero-order chi connectivity index (χ0) is 21.5. The molecule has 2 aromatic carbocycles. The molecule has 2 aromatic rings. The highest BCUT2D eigenvalue weighted by atomic mass is 127. The predicted molar refractivity (Wildman–Crippen MR) is 120 cm³/mol. The Balaban J connectivity index is 1.57. The molecule has 0 unspecified atom stereocenters. The van der Waals surface area contributed by atoms with Crippen LogP contribution in [0.5, 0.6) is 0 Å². The van der Waals surface area contributed by atoms with Gasteiger partial charge in [-0.25, -0.2) is 8.78 Å². The fourth-order valence-electron chi connectivity index (χ4n) is 4.17. The maximum absolute atomic E-state index is 14.9. The van der Waals surface area contributed by atoms with Gasteiger partial charge in [0, 0.05) is 9.61 Å². The third kappa shape index (κ3) is 4.04. The quantitative estimate of drug-likeness (QED) is 0.528. The van der Waals surface area contributed by atoms with E-state index in [0.29, 0.717) is 9.13 Å². The van der Waals surface area contributed by atoms with Gasteiger partial charge in [0.1, 0.15) is 17.2 Å². The first kappa shape index (κ1) is 21.5. The Morgan fingerprint density at radius 3 is 2.70 bits per heavy atom. The van der Waals surface area contributed by atoms with E-state index < -0.39 is 17.2 Å². The Morgan fingerprint density at radius 2 is 2.03 bits per heavy atom. The first-order chi connectivity index (χ1) is 14.3. The van der Waals surface area contributed by atoms with Crippen LogP contribution in [0.1, 0.15) is 35.2 Å². The van der Waals surface area contributed by atoms with Crippen LogP contribution in [0.25, 0.3) is 0 Å². The van der Waals surface area contributed by atoms with Crippen molar-refractivity contribution in [3.8, 4) is 0 Å². The lowest BCUT2D eigenvalue weighted by atomic mass is 9.81. The number of rotatable bonds is 4. The molecule has 2 aliphatic rings. The monoisotopic (exact) mass is 527 g/mol. The molecule has 2 fully saturated rings. The van der Waals surface area contributed by atoms with Crippen molar-refractivity contribution < 1.29 is 18.7 Å². The smallest absolute Gasteiger partial charge is 0.256 e. The van der Waals surface area contributed by atoms with E-state index >= 15 is 0 Å². The number of benzene rings is 2. The van der Waals surface area contributed by atoms with Gasteiger partial charge in [-0.1, -0.05) is 12.5 Å². The molecule has 0 saturated carbocycles. The molecule has 1 amide bonds. The summed E-state index contributed by atoms with van der Waals surface area (Å²) >= 11 is 1.99. The Morgan fingerprint density at radius 1 is 1.27 bits per heavy atom. The van der Waals surface area contributed by atoms with E-state index in [0.717, 1.165) is 25.8 Å². The van der Waals surface area contributed by atoms with E-state index in [1.807, 2.05) is 22.6 Å². The van der Waals surface area contributed by atoms with Gasteiger partial charge >= 0.3 is 0 Å². The van der Waals surface area contributed by atoms with Gasteiger partial charge in [0.15, 0.2) is 0 Å². The molecule has 4 rings (SSSR count). The molecule has 0 aliphatic carbocycles. The first-order valence-corrected chi connectivity index (χ1v) is 11.1. The second-order valence-electron chi connectivity index (χ2n) is 8.14. The number of halogens is 3. The normalized spacial score (nSPS) is 20.6. The number of nitrogens with one attached hydrogen (secondary N) is 2. The predicted octanol–water partition coefficient (Wildman–Crippen LogP) is 3.95. The maximum atomic E-state index is 14.9. The molecule has 0 bridgehead atoms. The maximum Gasteiger partial charge on any atom is 0.256 e. The SMILES string of the molecule is Cc1ccc(C(=O)N2CC(O)([C@@H]3CCCCN3)C2)c(Nc2ccc(I)cc2F)c1F. The minimum atomic E-state index is -0.963. The summed E-state index contributed by atoms with van der Waals surface area (Å²) in [6.45, 7) is 2.84. The van der Waals surface area contributed by atoms with Crippen LogP contribution in [-0.2, 0) is 0 Å². The zero-order valence-corrected chi connectivity index (χ0v) is 18.8. The van der Waals surface area contributed by atoms with E-state index in [-0.39, 0.29) is 42.0 Å². The van der Waals surface area contributed by atoms with Gasteiger partial charge in [-0.3, -0.25) is 4.79 Å². The van der Waals surface area contributed by atoms with E-state index in [2.05, 4.69) is 10.6 Å². The van der Waals surface area contributed by atoms with Crippen molar-refractivity contribution in [2.75, 3.05) is 25.0 Å². The molecule has 2 aliphatic heterocycles. The van der Waals surface area contributed by atoms with Gasteiger partial charge < -0.3 is 20.6 Å². The van der Waals surface area contributed by atoms with Crippen LogP contribution >= 0.6 is 22.6 Å². The van der Waals surface area contributed by atoms with Crippen molar-refractivity contribution in [1.82, 2.24) is 10.2 Å². The molecule has 160 valence electrons. The first-order valence-electron chi connectivity index (χ1n) is 10.0. The average molecular weight is 527 g/mol. The van der Waals surface area contributed by atoms with Crippen molar-refractivity contribution >= 4 is 39.9 Å². The topological polar surface area (TPSA) is 64.6 Å². The van der Waals surface area contributed by atoms with E-state index in [9.17, 15) is 18.7 Å². The van der Waals surface area contributed by atoms with Gasteiger partial charge in [-0.2, -0.15) is 0 Å². The van der Waals surface area contributed by atoms with Crippen LogP contribution in [0.2, 0.25) is 0 Å². The molecular weight excluding hydrogens is 503 g/mol. The molecule has 2 saturated heterocycles. The lowest BCUT2D eigenvalue weighted by Gasteiger charge is -2.51. The number of piperidine rings is 1. The summed E-state index contributed by atoms with van der Waals surface area (Å²) in [5, 5.41) is 17.0. The number of aryl methyl sites for hydroxylation is 1. The Kier molecular flexibility index (Phi) is 6.00. The third-order valence-electron chi connectivity index (χ3n) is 5.93. The van der Waals surface area contributed by atoms with Crippen molar-refractivity contribution in [2.24, 2.45) is 0 Å². The van der Waals surface area contributed by atoms with Crippen LogP contribution in [0.4, 0.5) is 20.2 Å². The standard InChI is InChI=1S/C22H24F2IN3O2/c1-13-5-7-15(20(19(13)24)27-17-8-6-14(25)10-16(17)23)21(29)28-11-22(30,12-28)18-4-2-3-9-26-18/h5-8,10,18,26-27,30H,2-4,9,11-12H2,1H3/t18-/m0/s1. The van der Waals surface area contributed by atoms with E-state index in [1.54, 1.807) is 19.1 Å². The summed E-state index contributed by atoms with van der Waals surface area (Å²) in [6, 6.07) is 7.60. The minimum Gasteiger partial charge on any atom is -0.385 e. The summed E-state index contributed by atoms with van der Waals surface area (Å²) < 4.78 is 30.0. The van der Waals surface area contributed by atoms with Gasteiger partial charge in [0.05, 0.1) is 30.0 Å².